The molecular formula is C23H30N4O3S. The second-order valence-corrected chi connectivity index (χ2v) is 9.73. The van der Waals surface area contributed by atoms with Crippen LogP contribution < -0.4 is 5.32 Å². The van der Waals surface area contributed by atoms with Gasteiger partial charge < -0.3 is 9.64 Å². The molecule has 1 fully saturated rings. The molecule has 1 saturated carbocycles. The predicted octanol–water partition coefficient (Wildman–Crippen LogP) is 4.19. The molecule has 2 aromatic rings. The number of carbonyl (C=O) groups is 2. The number of hydrogen-bond acceptors (Lipinski definition) is 6. The van der Waals surface area contributed by atoms with Crippen molar-refractivity contribution in [1.29, 1.82) is 0 Å². The summed E-state index contributed by atoms with van der Waals surface area (Å²) in [6.45, 7) is 5.03. The second-order valence-electron chi connectivity index (χ2n) is 8.72. The number of nitrogens with zero attached hydrogens (tertiary/aromatic N) is 3. The van der Waals surface area contributed by atoms with Gasteiger partial charge in [-0.3, -0.25) is 14.9 Å². The van der Waals surface area contributed by atoms with Crippen molar-refractivity contribution in [3.8, 4) is 0 Å². The molecule has 1 aromatic heterocycles. The lowest BCUT2D eigenvalue weighted by atomic mass is 9.65. The average molecular weight is 443 g/mol. The van der Waals surface area contributed by atoms with Crippen molar-refractivity contribution in [3.05, 3.63) is 40.4 Å². The minimum absolute atomic E-state index is 0.00314. The minimum Gasteiger partial charge on any atom is -0.383 e. The molecule has 166 valence electrons. The van der Waals surface area contributed by atoms with E-state index in [9.17, 15) is 9.59 Å². The number of ether oxygens (including phenoxy) is 1. The largest absolute Gasteiger partial charge is 0.383 e. The van der Waals surface area contributed by atoms with Crippen LogP contribution in [-0.2, 0) is 9.53 Å². The SMILES string of the molecule is COCCN1C(=O)c2ccccc2[C@H](C(=O)Nc2nnc(C(C)C)s2)C12CCCCC2. The van der Waals surface area contributed by atoms with Gasteiger partial charge in [-0.2, -0.15) is 0 Å². The van der Waals surface area contributed by atoms with E-state index in [1.807, 2.05) is 29.2 Å². The summed E-state index contributed by atoms with van der Waals surface area (Å²) in [5.74, 6) is -0.317. The fourth-order valence-corrected chi connectivity index (χ4v) is 5.80. The maximum absolute atomic E-state index is 13.8. The van der Waals surface area contributed by atoms with Crippen LogP contribution in [0, 0.1) is 0 Å². The number of hydrogen-bond donors (Lipinski definition) is 1. The van der Waals surface area contributed by atoms with Crippen LogP contribution in [0.3, 0.4) is 0 Å². The highest BCUT2D eigenvalue weighted by molar-refractivity contribution is 7.15. The van der Waals surface area contributed by atoms with Gasteiger partial charge in [0.1, 0.15) is 5.01 Å². The van der Waals surface area contributed by atoms with Gasteiger partial charge in [0.15, 0.2) is 0 Å². The first-order valence-electron chi connectivity index (χ1n) is 11.0. The van der Waals surface area contributed by atoms with Crippen molar-refractivity contribution >= 4 is 28.3 Å². The van der Waals surface area contributed by atoms with E-state index in [2.05, 4.69) is 29.4 Å². The molecule has 2 amide bonds. The van der Waals surface area contributed by atoms with Crippen LogP contribution in [0.25, 0.3) is 0 Å². The Hall–Kier alpha value is -2.32. The van der Waals surface area contributed by atoms with Gasteiger partial charge in [0, 0.05) is 25.1 Å². The zero-order valence-corrected chi connectivity index (χ0v) is 19.2. The first-order valence-corrected chi connectivity index (χ1v) is 11.8. The number of carbonyl (C=O) groups excluding carboxylic acids is 2. The van der Waals surface area contributed by atoms with E-state index < -0.39 is 11.5 Å². The number of anilines is 1. The summed E-state index contributed by atoms with van der Waals surface area (Å²) in [7, 11) is 1.64. The van der Waals surface area contributed by atoms with E-state index >= 15 is 0 Å². The fraction of sp³-hybridized carbons (Fsp3) is 0.565. The third-order valence-corrected chi connectivity index (χ3v) is 7.63. The van der Waals surface area contributed by atoms with Crippen LogP contribution in [0.4, 0.5) is 5.13 Å². The van der Waals surface area contributed by atoms with Crippen molar-refractivity contribution < 1.29 is 14.3 Å². The second kappa shape index (κ2) is 9.04. The standard InChI is InChI=1S/C23H30N4O3S/c1-15(2)20-25-26-22(31-20)24-19(28)18-16-9-5-6-10-17(16)21(29)27(13-14-30-3)23(18)11-7-4-8-12-23/h5-6,9-10,15,18H,4,7-8,11-14H2,1-3H3,(H,24,26,28)/t18-/m1/s1. The Morgan fingerprint density at radius 1 is 1.26 bits per heavy atom. The van der Waals surface area contributed by atoms with Crippen molar-refractivity contribution in [3.63, 3.8) is 0 Å². The van der Waals surface area contributed by atoms with E-state index in [4.69, 9.17) is 4.74 Å². The highest BCUT2D eigenvalue weighted by atomic mass is 32.1. The topological polar surface area (TPSA) is 84.4 Å². The molecule has 7 nitrogen and oxygen atoms in total. The number of benzene rings is 1. The number of methoxy groups -OCH3 is 1. The molecule has 0 radical (unpaired) electrons. The molecule has 2 heterocycles. The van der Waals surface area contributed by atoms with Gasteiger partial charge in [-0.25, -0.2) is 0 Å². The van der Waals surface area contributed by atoms with Gasteiger partial charge in [-0.05, 0) is 24.5 Å². The zero-order valence-electron chi connectivity index (χ0n) is 18.4. The molecule has 0 unspecified atom stereocenters. The highest BCUT2D eigenvalue weighted by Crippen LogP contribution is 2.49. The first-order chi connectivity index (χ1) is 15.0. The lowest BCUT2D eigenvalue weighted by molar-refractivity contribution is -0.122. The molecule has 1 aromatic carbocycles. The third kappa shape index (κ3) is 3.99. The van der Waals surface area contributed by atoms with E-state index in [0.717, 1.165) is 42.7 Å². The lowest BCUT2D eigenvalue weighted by Crippen LogP contribution is -2.62. The van der Waals surface area contributed by atoms with Crippen LogP contribution in [0.2, 0.25) is 0 Å². The summed E-state index contributed by atoms with van der Waals surface area (Å²) in [5, 5.41) is 12.8. The van der Waals surface area contributed by atoms with E-state index in [1.165, 1.54) is 11.3 Å². The van der Waals surface area contributed by atoms with Gasteiger partial charge in [-0.15, -0.1) is 10.2 Å². The molecule has 1 atom stereocenters. The van der Waals surface area contributed by atoms with Crippen molar-refractivity contribution in [2.75, 3.05) is 25.6 Å². The summed E-state index contributed by atoms with van der Waals surface area (Å²) < 4.78 is 5.32. The number of fused-ring (bicyclic) bond motifs is 1. The Labute approximate surface area is 187 Å². The van der Waals surface area contributed by atoms with Crippen molar-refractivity contribution in [2.45, 2.75) is 63.3 Å². The molecule has 1 aliphatic heterocycles. The predicted molar refractivity (Wildman–Crippen MR) is 121 cm³/mol. The Kier molecular flexibility index (Phi) is 6.39. The smallest absolute Gasteiger partial charge is 0.254 e. The summed E-state index contributed by atoms with van der Waals surface area (Å²) in [6.07, 6.45) is 4.74. The highest BCUT2D eigenvalue weighted by Gasteiger charge is 2.54. The van der Waals surface area contributed by atoms with Gasteiger partial charge >= 0.3 is 0 Å². The van der Waals surface area contributed by atoms with Gasteiger partial charge in [-0.1, -0.05) is 62.6 Å². The van der Waals surface area contributed by atoms with Crippen molar-refractivity contribution in [1.82, 2.24) is 15.1 Å². The normalized spacial score (nSPS) is 20.2. The number of nitrogens with one attached hydrogen (secondary N) is 1. The summed E-state index contributed by atoms with van der Waals surface area (Å²) in [6, 6.07) is 7.53. The summed E-state index contributed by atoms with van der Waals surface area (Å²) in [4.78, 5) is 29.2. The molecular weight excluding hydrogens is 412 g/mol. The minimum atomic E-state index is -0.544. The molecule has 31 heavy (non-hydrogen) atoms. The summed E-state index contributed by atoms with van der Waals surface area (Å²) >= 11 is 1.41. The number of rotatable bonds is 6. The van der Waals surface area contributed by atoms with E-state index in [-0.39, 0.29) is 17.7 Å². The fourth-order valence-electron chi connectivity index (χ4n) is 5.05. The van der Waals surface area contributed by atoms with E-state index in [1.54, 1.807) is 7.11 Å². The molecule has 8 heteroatoms. The Morgan fingerprint density at radius 2 is 2.00 bits per heavy atom. The van der Waals surface area contributed by atoms with Crippen LogP contribution in [0.15, 0.2) is 24.3 Å². The Balaban J connectivity index is 1.76. The molecule has 4 rings (SSSR count). The van der Waals surface area contributed by atoms with Crippen LogP contribution in [0.1, 0.15) is 78.7 Å². The molecule has 1 spiro atoms. The van der Waals surface area contributed by atoms with Gasteiger partial charge in [0.05, 0.1) is 18.1 Å². The Morgan fingerprint density at radius 3 is 2.68 bits per heavy atom. The van der Waals surface area contributed by atoms with E-state index in [0.29, 0.717) is 23.8 Å². The van der Waals surface area contributed by atoms with Crippen LogP contribution >= 0.6 is 11.3 Å². The lowest BCUT2D eigenvalue weighted by Gasteiger charge is -2.53. The third-order valence-electron chi connectivity index (χ3n) is 6.49. The summed E-state index contributed by atoms with van der Waals surface area (Å²) in [5.41, 5.74) is 0.877. The molecule has 1 N–H and O–H groups in total. The van der Waals surface area contributed by atoms with Crippen LogP contribution in [-0.4, -0.2) is 52.7 Å². The molecule has 1 aliphatic carbocycles. The maximum atomic E-state index is 13.8. The van der Waals surface area contributed by atoms with Crippen LogP contribution in [0.5, 0.6) is 0 Å². The molecule has 2 aliphatic rings. The van der Waals surface area contributed by atoms with Crippen molar-refractivity contribution in [2.24, 2.45) is 0 Å². The average Bonchev–Trinajstić information content (AvgIpc) is 3.23. The quantitative estimate of drug-likeness (QED) is 0.725. The zero-order chi connectivity index (χ0) is 22.0. The van der Waals surface area contributed by atoms with Gasteiger partial charge in [0.2, 0.25) is 11.0 Å². The monoisotopic (exact) mass is 442 g/mol. The maximum Gasteiger partial charge on any atom is 0.254 e. The first kappa shape index (κ1) is 21.9. The number of aromatic nitrogens is 2. The Bertz CT molecular complexity index is 952. The van der Waals surface area contributed by atoms with Gasteiger partial charge in [0.25, 0.3) is 5.91 Å². The molecule has 0 bridgehead atoms. The molecule has 0 saturated heterocycles. The number of amides is 2.